The molecular formula is C14H12Cl3NO2S. The maximum absolute atomic E-state index is 11.8. The minimum Gasteiger partial charge on any atom is -0.378 e. The van der Waals surface area contributed by atoms with Crippen LogP contribution in [-0.2, 0) is 16.4 Å². The molecule has 112 valence electrons. The lowest BCUT2D eigenvalue weighted by Gasteiger charge is -2.14. The fourth-order valence-electron chi connectivity index (χ4n) is 1.90. The Balaban J connectivity index is 2.37. The van der Waals surface area contributed by atoms with Crippen molar-refractivity contribution in [3.63, 3.8) is 0 Å². The Kier molecular flexibility index (Phi) is 5.04. The second kappa shape index (κ2) is 6.44. The third-order valence-electron chi connectivity index (χ3n) is 2.88. The number of hydrogen-bond acceptors (Lipinski definition) is 3. The number of sulfone groups is 1. The van der Waals surface area contributed by atoms with Crippen LogP contribution in [0.1, 0.15) is 5.56 Å². The SMILES string of the molecule is CS(=O)(=O)c1cccc(Cl)c1CNc1c(Cl)cccc1Cl. The van der Waals surface area contributed by atoms with Crippen LogP contribution < -0.4 is 5.32 Å². The standard InChI is InChI=1S/C14H12Cl3NO2S/c1-21(19,20)13-7-3-4-10(15)9(13)8-18-14-11(16)5-2-6-12(14)17/h2-7,18H,8H2,1H3. The highest BCUT2D eigenvalue weighted by molar-refractivity contribution is 7.90. The van der Waals surface area contributed by atoms with Crippen LogP contribution >= 0.6 is 34.8 Å². The smallest absolute Gasteiger partial charge is 0.175 e. The normalized spacial score (nSPS) is 11.4. The fourth-order valence-corrected chi connectivity index (χ4v) is 3.69. The van der Waals surface area contributed by atoms with Crippen LogP contribution in [0.2, 0.25) is 15.1 Å². The lowest BCUT2D eigenvalue weighted by molar-refractivity contribution is 0.601. The zero-order valence-corrected chi connectivity index (χ0v) is 14.1. The zero-order chi connectivity index (χ0) is 15.6. The minimum atomic E-state index is -3.37. The largest absolute Gasteiger partial charge is 0.378 e. The highest BCUT2D eigenvalue weighted by atomic mass is 35.5. The number of halogens is 3. The summed E-state index contributed by atoms with van der Waals surface area (Å²) in [7, 11) is -3.37. The molecule has 0 aliphatic rings. The molecule has 0 heterocycles. The minimum absolute atomic E-state index is 0.186. The van der Waals surface area contributed by atoms with E-state index < -0.39 is 9.84 Å². The second-order valence-electron chi connectivity index (χ2n) is 4.44. The van der Waals surface area contributed by atoms with Crippen LogP contribution in [0.25, 0.3) is 0 Å². The van der Waals surface area contributed by atoms with E-state index in [1.54, 1.807) is 30.3 Å². The molecule has 21 heavy (non-hydrogen) atoms. The topological polar surface area (TPSA) is 46.2 Å². The number of para-hydroxylation sites is 1. The van der Waals surface area contributed by atoms with E-state index in [4.69, 9.17) is 34.8 Å². The van der Waals surface area contributed by atoms with Gasteiger partial charge in [-0.25, -0.2) is 8.42 Å². The molecule has 0 unspecified atom stereocenters. The van der Waals surface area contributed by atoms with Crippen molar-refractivity contribution in [3.05, 3.63) is 57.0 Å². The predicted molar refractivity (Wildman–Crippen MR) is 88.4 cm³/mol. The Morgan fingerprint density at radius 1 is 0.952 bits per heavy atom. The molecule has 0 bridgehead atoms. The maximum atomic E-state index is 11.8. The van der Waals surface area contributed by atoms with Gasteiger partial charge in [-0.2, -0.15) is 0 Å². The maximum Gasteiger partial charge on any atom is 0.175 e. The molecule has 0 amide bonds. The van der Waals surface area contributed by atoms with Gasteiger partial charge in [0.1, 0.15) is 0 Å². The van der Waals surface area contributed by atoms with Gasteiger partial charge in [-0.05, 0) is 24.3 Å². The van der Waals surface area contributed by atoms with E-state index in [1.807, 2.05) is 0 Å². The van der Waals surface area contributed by atoms with E-state index in [9.17, 15) is 8.42 Å². The predicted octanol–water partition coefficient (Wildman–Crippen LogP) is 4.66. The Morgan fingerprint density at radius 2 is 1.48 bits per heavy atom. The van der Waals surface area contributed by atoms with Gasteiger partial charge in [-0.3, -0.25) is 0 Å². The summed E-state index contributed by atoms with van der Waals surface area (Å²) in [5.74, 6) is 0. The van der Waals surface area contributed by atoms with Gasteiger partial charge >= 0.3 is 0 Å². The average molecular weight is 365 g/mol. The fraction of sp³-hybridized carbons (Fsp3) is 0.143. The number of rotatable bonds is 4. The van der Waals surface area contributed by atoms with Crippen LogP contribution in [0.4, 0.5) is 5.69 Å². The average Bonchev–Trinajstić information content (AvgIpc) is 2.38. The highest BCUT2D eigenvalue weighted by Crippen LogP contribution is 2.32. The first kappa shape index (κ1) is 16.4. The summed E-state index contributed by atoms with van der Waals surface area (Å²) in [5.41, 5.74) is 1.03. The van der Waals surface area contributed by atoms with E-state index >= 15 is 0 Å². The van der Waals surface area contributed by atoms with Gasteiger partial charge in [-0.15, -0.1) is 0 Å². The summed E-state index contributed by atoms with van der Waals surface area (Å²) in [4.78, 5) is 0.186. The van der Waals surface area contributed by atoms with Crippen molar-refractivity contribution in [1.29, 1.82) is 0 Å². The van der Waals surface area contributed by atoms with Crippen molar-refractivity contribution in [2.75, 3.05) is 11.6 Å². The Morgan fingerprint density at radius 3 is 2.05 bits per heavy atom. The molecule has 0 fully saturated rings. The number of nitrogens with one attached hydrogen (secondary N) is 1. The Hall–Kier alpha value is -0.940. The van der Waals surface area contributed by atoms with E-state index in [2.05, 4.69) is 5.32 Å². The van der Waals surface area contributed by atoms with E-state index in [0.717, 1.165) is 6.26 Å². The van der Waals surface area contributed by atoms with E-state index in [1.165, 1.54) is 6.07 Å². The van der Waals surface area contributed by atoms with Gasteiger partial charge < -0.3 is 5.32 Å². The molecule has 0 aliphatic carbocycles. The first-order valence-corrected chi connectivity index (χ1v) is 8.98. The molecule has 0 atom stereocenters. The molecule has 7 heteroatoms. The Bertz CT molecular complexity index is 756. The van der Waals surface area contributed by atoms with Crippen LogP contribution in [0.5, 0.6) is 0 Å². The van der Waals surface area contributed by atoms with Crippen molar-refractivity contribution >= 4 is 50.3 Å². The zero-order valence-electron chi connectivity index (χ0n) is 11.0. The van der Waals surface area contributed by atoms with Crippen LogP contribution in [0, 0.1) is 0 Å². The molecule has 0 spiro atoms. The van der Waals surface area contributed by atoms with Crippen molar-refractivity contribution in [1.82, 2.24) is 0 Å². The van der Waals surface area contributed by atoms with Gasteiger partial charge in [0.25, 0.3) is 0 Å². The number of benzene rings is 2. The molecule has 0 aromatic heterocycles. The summed E-state index contributed by atoms with van der Waals surface area (Å²) >= 11 is 18.2. The lowest BCUT2D eigenvalue weighted by Crippen LogP contribution is -2.08. The first-order valence-electron chi connectivity index (χ1n) is 5.96. The third kappa shape index (κ3) is 3.83. The van der Waals surface area contributed by atoms with Crippen LogP contribution in [0.3, 0.4) is 0 Å². The Labute approximate surface area is 138 Å². The molecule has 0 saturated heterocycles. The van der Waals surface area contributed by atoms with Crippen molar-refractivity contribution in [2.45, 2.75) is 11.4 Å². The molecule has 2 rings (SSSR count). The first-order chi connectivity index (χ1) is 9.80. The van der Waals surface area contributed by atoms with E-state index in [0.29, 0.717) is 26.3 Å². The molecule has 2 aromatic carbocycles. The second-order valence-corrected chi connectivity index (χ2v) is 7.64. The molecular weight excluding hydrogens is 353 g/mol. The molecule has 0 saturated carbocycles. The highest BCUT2D eigenvalue weighted by Gasteiger charge is 2.16. The van der Waals surface area contributed by atoms with Gasteiger partial charge in [0, 0.05) is 23.4 Å². The van der Waals surface area contributed by atoms with Gasteiger partial charge in [0.2, 0.25) is 0 Å². The van der Waals surface area contributed by atoms with Gasteiger partial charge in [0.05, 0.1) is 20.6 Å². The molecule has 0 aliphatic heterocycles. The molecule has 3 nitrogen and oxygen atoms in total. The number of anilines is 1. The summed E-state index contributed by atoms with van der Waals surface area (Å²) in [6.45, 7) is 0.200. The van der Waals surface area contributed by atoms with Gasteiger partial charge in [0.15, 0.2) is 9.84 Å². The number of hydrogen-bond donors (Lipinski definition) is 1. The van der Waals surface area contributed by atoms with Crippen LogP contribution in [0.15, 0.2) is 41.3 Å². The van der Waals surface area contributed by atoms with Crippen LogP contribution in [-0.4, -0.2) is 14.7 Å². The third-order valence-corrected chi connectivity index (χ3v) is 5.05. The summed E-state index contributed by atoms with van der Waals surface area (Å²) in [6, 6.07) is 9.88. The van der Waals surface area contributed by atoms with Gasteiger partial charge in [-0.1, -0.05) is 46.9 Å². The van der Waals surface area contributed by atoms with Crippen molar-refractivity contribution < 1.29 is 8.42 Å². The van der Waals surface area contributed by atoms with Crippen molar-refractivity contribution in [3.8, 4) is 0 Å². The quantitative estimate of drug-likeness (QED) is 0.858. The van der Waals surface area contributed by atoms with Crippen molar-refractivity contribution in [2.24, 2.45) is 0 Å². The molecule has 1 N–H and O–H groups in total. The van der Waals surface area contributed by atoms with E-state index in [-0.39, 0.29) is 11.4 Å². The summed E-state index contributed by atoms with van der Waals surface area (Å²) < 4.78 is 23.6. The monoisotopic (exact) mass is 363 g/mol. The summed E-state index contributed by atoms with van der Waals surface area (Å²) in [6.07, 6.45) is 1.14. The summed E-state index contributed by atoms with van der Waals surface area (Å²) in [5, 5.41) is 4.32. The molecule has 2 aromatic rings. The lowest BCUT2D eigenvalue weighted by atomic mass is 10.2. The molecule has 0 radical (unpaired) electrons.